The molecule has 1 aliphatic rings. The number of fused-ring (bicyclic) bond motifs is 1. The van der Waals surface area contributed by atoms with Crippen LogP contribution in [0.4, 0.5) is 0 Å². The normalized spacial score (nSPS) is 21.5. The Labute approximate surface area is 112 Å². The molecular weight excluding hydrogens is 238 g/mol. The van der Waals surface area contributed by atoms with Gasteiger partial charge in [-0.25, -0.2) is 0 Å². The Hall–Kier alpha value is -2.00. The molecule has 19 heavy (non-hydrogen) atoms. The highest BCUT2D eigenvalue weighted by Crippen LogP contribution is 2.40. The second-order valence-corrected chi connectivity index (χ2v) is 4.81. The first kappa shape index (κ1) is 12.1. The van der Waals surface area contributed by atoms with Crippen LogP contribution in [-0.4, -0.2) is 12.2 Å². The molecule has 3 heteroatoms. The van der Waals surface area contributed by atoms with Gasteiger partial charge in [0.15, 0.2) is 0 Å². The minimum absolute atomic E-state index is 0.0212. The monoisotopic (exact) mass is 255 g/mol. The van der Waals surface area contributed by atoms with Gasteiger partial charge in [-0.05, 0) is 30.8 Å². The highest BCUT2D eigenvalue weighted by Gasteiger charge is 2.27. The van der Waals surface area contributed by atoms with Crippen molar-refractivity contribution in [3.8, 4) is 11.5 Å². The van der Waals surface area contributed by atoms with E-state index in [1.165, 1.54) is 5.56 Å². The third-order valence-corrected chi connectivity index (χ3v) is 3.63. The van der Waals surface area contributed by atoms with E-state index in [0.717, 1.165) is 17.7 Å². The van der Waals surface area contributed by atoms with Crippen molar-refractivity contribution in [3.05, 3.63) is 59.7 Å². The molecular formula is C16H17NO2. The molecule has 1 aliphatic heterocycles. The van der Waals surface area contributed by atoms with Gasteiger partial charge < -0.3 is 15.2 Å². The largest absolute Gasteiger partial charge is 0.508 e. The molecule has 2 N–H and O–H groups in total. The lowest BCUT2D eigenvalue weighted by Gasteiger charge is -2.32. The number of phenols is 1. The Kier molecular flexibility index (Phi) is 3.13. The van der Waals surface area contributed by atoms with Crippen LogP contribution in [0.1, 0.15) is 29.7 Å². The molecule has 1 heterocycles. The molecule has 0 bridgehead atoms. The van der Waals surface area contributed by atoms with Crippen LogP contribution in [0.3, 0.4) is 0 Å². The number of ether oxygens (including phenoxy) is 1. The van der Waals surface area contributed by atoms with Crippen LogP contribution in [0.5, 0.6) is 11.5 Å². The molecule has 0 radical (unpaired) electrons. The summed E-state index contributed by atoms with van der Waals surface area (Å²) in [5.41, 5.74) is 2.30. The molecule has 0 spiro atoms. The average molecular weight is 255 g/mol. The highest BCUT2D eigenvalue weighted by molar-refractivity contribution is 5.39. The van der Waals surface area contributed by atoms with Gasteiger partial charge in [0, 0.05) is 18.0 Å². The lowest BCUT2D eigenvalue weighted by Crippen LogP contribution is -2.26. The van der Waals surface area contributed by atoms with Crippen molar-refractivity contribution in [2.75, 3.05) is 7.05 Å². The number of hydrogen-bond acceptors (Lipinski definition) is 3. The molecule has 0 saturated carbocycles. The number of nitrogens with one attached hydrogen (secondary N) is 1. The molecule has 3 nitrogen and oxygen atoms in total. The van der Waals surface area contributed by atoms with Crippen molar-refractivity contribution in [1.29, 1.82) is 0 Å². The van der Waals surface area contributed by atoms with Crippen LogP contribution in [-0.2, 0) is 0 Å². The fraction of sp³-hybridized carbons (Fsp3) is 0.250. The van der Waals surface area contributed by atoms with E-state index >= 15 is 0 Å². The van der Waals surface area contributed by atoms with Gasteiger partial charge in [-0.3, -0.25) is 0 Å². The van der Waals surface area contributed by atoms with Crippen LogP contribution < -0.4 is 10.1 Å². The van der Waals surface area contributed by atoms with E-state index in [9.17, 15) is 5.11 Å². The Balaban J connectivity index is 1.93. The number of aromatic hydroxyl groups is 1. The summed E-state index contributed by atoms with van der Waals surface area (Å²) >= 11 is 0. The van der Waals surface area contributed by atoms with Crippen LogP contribution >= 0.6 is 0 Å². The topological polar surface area (TPSA) is 41.5 Å². The number of hydrogen-bond donors (Lipinski definition) is 2. The molecule has 98 valence electrons. The molecule has 0 aromatic heterocycles. The van der Waals surface area contributed by atoms with Gasteiger partial charge in [0.1, 0.15) is 17.6 Å². The first-order valence-corrected chi connectivity index (χ1v) is 6.49. The van der Waals surface area contributed by atoms with Gasteiger partial charge in [0.25, 0.3) is 0 Å². The van der Waals surface area contributed by atoms with Gasteiger partial charge >= 0.3 is 0 Å². The van der Waals surface area contributed by atoms with E-state index in [1.807, 2.05) is 37.4 Å². The fourth-order valence-electron chi connectivity index (χ4n) is 2.58. The smallest absolute Gasteiger partial charge is 0.126 e. The number of para-hydroxylation sites is 1. The van der Waals surface area contributed by atoms with Gasteiger partial charge in [-0.1, -0.05) is 30.3 Å². The van der Waals surface area contributed by atoms with Crippen molar-refractivity contribution in [2.45, 2.75) is 18.6 Å². The summed E-state index contributed by atoms with van der Waals surface area (Å²) in [6.07, 6.45) is 0.908. The first-order chi connectivity index (χ1) is 9.28. The predicted molar refractivity (Wildman–Crippen MR) is 74.3 cm³/mol. The molecule has 2 aromatic carbocycles. The standard InChI is InChI=1S/C16H17NO2/c1-17-14-10-16(11-6-8-12(18)9-7-11)19-15-5-3-2-4-13(14)15/h2-9,14,16-18H,10H2,1H3. The first-order valence-electron chi connectivity index (χ1n) is 6.49. The van der Waals surface area contributed by atoms with Crippen molar-refractivity contribution in [3.63, 3.8) is 0 Å². The molecule has 0 saturated heterocycles. The molecule has 2 unspecified atom stereocenters. The molecule has 2 aromatic rings. The van der Waals surface area contributed by atoms with Crippen molar-refractivity contribution in [1.82, 2.24) is 5.32 Å². The third-order valence-electron chi connectivity index (χ3n) is 3.63. The van der Waals surface area contributed by atoms with Crippen LogP contribution in [0.15, 0.2) is 48.5 Å². The van der Waals surface area contributed by atoms with Crippen LogP contribution in [0.25, 0.3) is 0 Å². The van der Waals surface area contributed by atoms with E-state index in [0.29, 0.717) is 6.04 Å². The van der Waals surface area contributed by atoms with Gasteiger partial charge in [-0.15, -0.1) is 0 Å². The zero-order chi connectivity index (χ0) is 13.2. The van der Waals surface area contributed by atoms with Gasteiger partial charge in [0.2, 0.25) is 0 Å². The van der Waals surface area contributed by atoms with E-state index in [1.54, 1.807) is 12.1 Å². The lowest BCUT2D eigenvalue weighted by molar-refractivity contribution is 0.154. The predicted octanol–water partition coefficient (Wildman–Crippen LogP) is 3.18. The maximum atomic E-state index is 9.36. The lowest BCUT2D eigenvalue weighted by atomic mass is 9.93. The van der Waals surface area contributed by atoms with E-state index in [2.05, 4.69) is 11.4 Å². The van der Waals surface area contributed by atoms with E-state index in [-0.39, 0.29) is 11.9 Å². The summed E-state index contributed by atoms with van der Waals surface area (Å²) < 4.78 is 6.07. The molecule has 0 amide bonds. The molecule has 0 fully saturated rings. The Bertz CT molecular complexity index is 565. The summed E-state index contributed by atoms with van der Waals surface area (Å²) in [7, 11) is 1.97. The Morgan fingerprint density at radius 2 is 1.84 bits per heavy atom. The number of phenolic OH excluding ortho intramolecular Hbond substituents is 1. The van der Waals surface area contributed by atoms with Crippen molar-refractivity contribution >= 4 is 0 Å². The van der Waals surface area contributed by atoms with Crippen molar-refractivity contribution in [2.24, 2.45) is 0 Å². The summed E-state index contributed by atoms with van der Waals surface area (Å²) in [5.74, 6) is 1.22. The second kappa shape index (κ2) is 4.94. The SMILES string of the molecule is CNC1CC(c2ccc(O)cc2)Oc2ccccc21. The van der Waals surface area contributed by atoms with E-state index < -0.39 is 0 Å². The Morgan fingerprint density at radius 1 is 1.11 bits per heavy atom. The summed E-state index contributed by atoms with van der Waals surface area (Å²) in [5, 5.41) is 12.7. The maximum Gasteiger partial charge on any atom is 0.126 e. The summed E-state index contributed by atoms with van der Waals surface area (Å²) in [6, 6.07) is 15.7. The summed E-state index contributed by atoms with van der Waals surface area (Å²) in [6.45, 7) is 0. The maximum absolute atomic E-state index is 9.36. The zero-order valence-corrected chi connectivity index (χ0v) is 10.8. The van der Waals surface area contributed by atoms with Gasteiger partial charge in [0.05, 0.1) is 0 Å². The van der Waals surface area contributed by atoms with Crippen LogP contribution in [0.2, 0.25) is 0 Å². The number of rotatable bonds is 2. The molecule has 0 aliphatic carbocycles. The minimum atomic E-state index is 0.0212. The summed E-state index contributed by atoms with van der Waals surface area (Å²) in [4.78, 5) is 0. The zero-order valence-electron chi connectivity index (χ0n) is 10.8. The minimum Gasteiger partial charge on any atom is -0.508 e. The fourth-order valence-corrected chi connectivity index (χ4v) is 2.58. The quantitative estimate of drug-likeness (QED) is 0.866. The van der Waals surface area contributed by atoms with Crippen molar-refractivity contribution < 1.29 is 9.84 Å². The molecule has 3 rings (SSSR count). The number of benzene rings is 2. The van der Waals surface area contributed by atoms with E-state index in [4.69, 9.17) is 4.74 Å². The Morgan fingerprint density at radius 3 is 2.58 bits per heavy atom. The third kappa shape index (κ3) is 2.29. The average Bonchev–Trinajstić information content (AvgIpc) is 2.47. The van der Waals surface area contributed by atoms with Crippen LogP contribution in [0, 0.1) is 0 Å². The second-order valence-electron chi connectivity index (χ2n) is 4.81. The van der Waals surface area contributed by atoms with Gasteiger partial charge in [-0.2, -0.15) is 0 Å². The molecule has 2 atom stereocenters. The highest BCUT2D eigenvalue weighted by atomic mass is 16.5.